The van der Waals surface area contributed by atoms with E-state index in [1.807, 2.05) is 52.6 Å². The molecule has 0 N–H and O–H groups in total. The van der Waals surface area contributed by atoms with Crippen molar-refractivity contribution in [3.8, 4) is 0 Å². The van der Waals surface area contributed by atoms with Crippen molar-refractivity contribution in [2.24, 2.45) is 13.0 Å². The van der Waals surface area contributed by atoms with Crippen LogP contribution in [0.5, 0.6) is 0 Å². The average Bonchev–Trinajstić information content (AvgIpc) is 3.24. The van der Waals surface area contributed by atoms with E-state index in [9.17, 15) is 9.59 Å². The summed E-state index contributed by atoms with van der Waals surface area (Å²) >= 11 is 0. The van der Waals surface area contributed by atoms with Gasteiger partial charge < -0.3 is 19.1 Å². The van der Waals surface area contributed by atoms with E-state index >= 15 is 0 Å². The lowest BCUT2D eigenvalue weighted by Crippen LogP contribution is -2.51. The summed E-state index contributed by atoms with van der Waals surface area (Å²) < 4.78 is 7.86. The number of nitrogens with zero attached hydrogens (tertiary/aromatic N) is 6. The molecule has 1 aromatic carbocycles. The Balaban J connectivity index is 1.15. The van der Waals surface area contributed by atoms with Crippen LogP contribution in [0, 0.1) is 12.8 Å². The van der Waals surface area contributed by atoms with Crippen LogP contribution in [0.15, 0.2) is 36.7 Å². The Kier molecular flexibility index (Phi) is 7.27. The zero-order valence-corrected chi connectivity index (χ0v) is 21.1. The van der Waals surface area contributed by atoms with Gasteiger partial charge in [0.15, 0.2) is 0 Å². The van der Waals surface area contributed by atoms with Crippen molar-refractivity contribution in [1.29, 1.82) is 0 Å². The predicted octanol–water partition coefficient (Wildman–Crippen LogP) is 3.12. The molecule has 2 amide bonds. The highest BCUT2D eigenvalue weighted by Gasteiger charge is 2.35. The number of benzene rings is 1. The Bertz CT molecular complexity index is 1220. The number of ether oxygens (including phenoxy) is 1. The van der Waals surface area contributed by atoms with Crippen molar-refractivity contribution in [3.63, 3.8) is 0 Å². The van der Waals surface area contributed by atoms with Crippen molar-refractivity contribution in [2.45, 2.75) is 51.7 Å². The van der Waals surface area contributed by atoms with Crippen LogP contribution in [0.2, 0.25) is 0 Å². The minimum absolute atomic E-state index is 0.0481. The molecule has 0 aliphatic carbocycles. The van der Waals surface area contributed by atoms with Gasteiger partial charge in [0.25, 0.3) is 5.91 Å². The van der Waals surface area contributed by atoms with Gasteiger partial charge in [-0.05, 0) is 57.1 Å². The van der Waals surface area contributed by atoms with Crippen molar-refractivity contribution in [1.82, 2.24) is 29.3 Å². The summed E-state index contributed by atoms with van der Waals surface area (Å²) in [6.45, 7) is 4.36. The van der Waals surface area contributed by atoms with E-state index in [1.54, 1.807) is 12.4 Å². The fourth-order valence-electron chi connectivity index (χ4n) is 5.55. The lowest BCUT2D eigenvalue weighted by Gasteiger charge is -2.43. The number of carbonyl (C=O) groups excluding carboxylic acids is 2. The summed E-state index contributed by atoms with van der Waals surface area (Å²) in [7, 11) is 1.97. The van der Waals surface area contributed by atoms with Gasteiger partial charge in [0.05, 0.1) is 22.9 Å². The number of imidazole rings is 1. The third kappa shape index (κ3) is 5.11. The van der Waals surface area contributed by atoms with Crippen LogP contribution < -0.4 is 0 Å². The number of hydrogen-bond acceptors (Lipinski definition) is 6. The first-order valence-corrected chi connectivity index (χ1v) is 12.9. The van der Waals surface area contributed by atoms with Crippen LogP contribution in [0.25, 0.3) is 11.0 Å². The molecule has 2 fully saturated rings. The van der Waals surface area contributed by atoms with Crippen LogP contribution in [-0.2, 0) is 23.2 Å². The Morgan fingerprint density at radius 3 is 2.58 bits per heavy atom. The van der Waals surface area contributed by atoms with Crippen LogP contribution >= 0.6 is 0 Å². The SMILES string of the molecule is Cc1cnc(C(=O)N2CCC(C3CCCCN3C(=O)COCc3nc4ccccc4n3C)CC2)cn1. The molecular weight excluding hydrogens is 456 g/mol. The molecule has 4 heterocycles. The average molecular weight is 491 g/mol. The van der Waals surface area contributed by atoms with E-state index in [0.29, 0.717) is 31.3 Å². The number of rotatable bonds is 6. The number of aryl methyl sites for hydroxylation is 2. The van der Waals surface area contributed by atoms with E-state index in [1.165, 1.54) is 0 Å². The highest BCUT2D eigenvalue weighted by Crippen LogP contribution is 2.31. The summed E-state index contributed by atoms with van der Waals surface area (Å²) in [6.07, 6.45) is 8.13. The molecule has 0 radical (unpaired) electrons. The smallest absolute Gasteiger partial charge is 0.274 e. The Morgan fingerprint density at radius 2 is 1.83 bits per heavy atom. The molecule has 9 heteroatoms. The lowest BCUT2D eigenvalue weighted by atomic mass is 9.83. The second-order valence-corrected chi connectivity index (χ2v) is 9.89. The van der Waals surface area contributed by atoms with Gasteiger partial charge in [-0.15, -0.1) is 0 Å². The van der Waals surface area contributed by atoms with Crippen molar-refractivity contribution >= 4 is 22.8 Å². The highest BCUT2D eigenvalue weighted by molar-refractivity contribution is 5.92. The molecule has 2 saturated heterocycles. The number of amides is 2. The molecule has 2 aromatic heterocycles. The Morgan fingerprint density at radius 1 is 1.03 bits per heavy atom. The van der Waals surface area contributed by atoms with Gasteiger partial charge in [0.2, 0.25) is 5.91 Å². The first-order valence-electron chi connectivity index (χ1n) is 12.9. The fourth-order valence-corrected chi connectivity index (χ4v) is 5.55. The molecule has 2 aliphatic rings. The van der Waals surface area contributed by atoms with Crippen LogP contribution in [0.1, 0.15) is 54.1 Å². The number of fused-ring (bicyclic) bond motifs is 1. The van der Waals surface area contributed by atoms with E-state index in [2.05, 4.69) is 15.0 Å². The topological polar surface area (TPSA) is 93.5 Å². The number of carbonyl (C=O) groups is 2. The molecule has 0 spiro atoms. The van der Waals surface area contributed by atoms with E-state index in [4.69, 9.17) is 4.74 Å². The highest BCUT2D eigenvalue weighted by atomic mass is 16.5. The number of likely N-dealkylation sites (tertiary alicyclic amines) is 2. The normalized spacial score (nSPS) is 19.1. The lowest BCUT2D eigenvalue weighted by molar-refractivity contribution is -0.142. The molecule has 36 heavy (non-hydrogen) atoms. The van der Waals surface area contributed by atoms with E-state index in [-0.39, 0.29) is 24.5 Å². The van der Waals surface area contributed by atoms with Crippen LogP contribution in [0.4, 0.5) is 0 Å². The molecule has 190 valence electrons. The molecular formula is C27H34N6O3. The van der Waals surface area contributed by atoms with Gasteiger partial charge in [-0.2, -0.15) is 0 Å². The molecule has 3 aromatic rings. The molecule has 9 nitrogen and oxygen atoms in total. The summed E-state index contributed by atoms with van der Waals surface area (Å²) in [5, 5.41) is 0. The second-order valence-electron chi connectivity index (χ2n) is 9.89. The minimum Gasteiger partial charge on any atom is -0.364 e. The Labute approximate surface area is 211 Å². The largest absolute Gasteiger partial charge is 0.364 e. The fraction of sp³-hybridized carbons (Fsp3) is 0.519. The quantitative estimate of drug-likeness (QED) is 0.527. The monoisotopic (exact) mass is 490 g/mol. The Hall–Kier alpha value is -3.33. The van der Waals surface area contributed by atoms with Gasteiger partial charge in [-0.1, -0.05) is 12.1 Å². The van der Waals surface area contributed by atoms with Gasteiger partial charge in [0.1, 0.15) is 24.7 Å². The molecule has 0 bridgehead atoms. The summed E-state index contributed by atoms with van der Waals surface area (Å²) in [6, 6.07) is 8.18. The summed E-state index contributed by atoms with van der Waals surface area (Å²) in [5.41, 5.74) is 3.17. The van der Waals surface area contributed by atoms with Gasteiger partial charge in [-0.3, -0.25) is 14.6 Å². The van der Waals surface area contributed by atoms with Crippen molar-refractivity contribution in [2.75, 3.05) is 26.2 Å². The zero-order valence-electron chi connectivity index (χ0n) is 21.1. The maximum Gasteiger partial charge on any atom is 0.274 e. The van der Waals surface area contributed by atoms with Gasteiger partial charge in [0, 0.05) is 38.9 Å². The predicted molar refractivity (Wildman–Crippen MR) is 135 cm³/mol. The maximum absolute atomic E-state index is 13.2. The molecule has 1 unspecified atom stereocenters. The zero-order chi connectivity index (χ0) is 25.1. The van der Waals surface area contributed by atoms with Crippen molar-refractivity contribution in [3.05, 3.63) is 53.9 Å². The third-order valence-corrected chi connectivity index (χ3v) is 7.58. The van der Waals surface area contributed by atoms with Crippen LogP contribution in [0.3, 0.4) is 0 Å². The van der Waals surface area contributed by atoms with Gasteiger partial charge >= 0.3 is 0 Å². The first-order chi connectivity index (χ1) is 17.5. The van der Waals surface area contributed by atoms with Crippen LogP contribution in [-0.4, -0.2) is 73.4 Å². The summed E-state index contributed by atoms with van der Waals surface area (Å²) in [4.78, 5) is 43.0. The third-order valence-electron chi connectivity index (χ3n) is 7.58. The number of hydrogen-bond donors (Lipinski definition) is 0. The molecule has 5 rings (SSSR count). The number of piperidine rings is 2. The number of aromatic nitrogens is 4. The minimum atomic E-state index is -0.0622. The van der Waals surface area contributed by atoms with E-state index in [0.717, 1.165) is 61.2 Å². The molecule has 1 atom stereocenters. The molecule has 2 aliphatic heterocycles. The second kappa shape index (κ2) is 10.7. The van der Waals surface area contributed by atoms with Crippen molar-refractivity contribution < 1.29 is 14.3 Å². The first kappa shape index (κ1) is 24.4. The van der Waals surface area contributed by atoms with Gasteiger partial charge in [-0.25, -0.2) is 9.97 Å². The standard InChI is InChI=1S/C27H34N6O3/c1-19-15-29-22(16-28-19)27(35)32-13-10-20(11-14-32)23-8-5-6-12-33(23)26(34)18-36-17-25-30-21-7-3-4-9-24(21)31(25)2/h3-4,7,9,15-16,20,23H,5-6,8,10-14,17-18H2,1-2H3. The number of para-hydroxylation sites is 2. The summed E-state index contributed by atoms with van der Waals surface area (Å²) in [5.74, 6) is 1.19. The maximum atomic E-state index is 13.2. The molecule has 0 saturated carbocycles. The van der Waals surface area contributed by atoms with E-state index < -0.39 is 0 Å².